The summed E-state index contributed by atoms with van der Waals surface area (Å²) in [5.74, 6) is 0.699. The Hall–Kier alpha value is -0.0400. The Labute approximate surface area is 45.4 Å². The van der Waals surface area contributed by atoms with Crippen LogP contribution in [0.25, 0.3) is 0 Å². The minimum Gasteiger partial charge on any atom is -0.396 e. The van der Waals surface area contributed by atoms with Crippen LogP contribution in [-0.2, 0) is 0 Å². The molecule has 0 radical (unpaired) electrons. The Kier molecular flexibility index (Phi) is 4.10. The summed E-state index contributed by atoms with van der Waals surface area (Å²) in [6.07, 6.45) is 2.14. The lowest BCUT2D eigenvalue weighted by Crippen LogP contribution is -1.94. The highest BCUT2D eigenvalue weighted by Crippen LogP contribution is 2.03. The third kappa shape index (κ3) is 3.80. The lowest BCUT2D eigenvalue weighted by atomic mass is 10.1. The molecule has 1 atom stereocenters. The van der Waals surface area contributed by atoms with Crippen LogP contribution in [0.4, 0.5) is 0 Å². The predicted octanol–water partition coefficient (Wildman–Crippen LogP) is 1.41. The third-order valence-corrected chi connectivity index (χ3v) is 1.32. The molecule has 1 N–H and O–H groups in total. The Bertz CT molecular complexity index is 35.2. The molecule has 0 amide bonds. The summed E-state index contributed by atoms with van der Waals surface area (Å²) in [7, 11) is 0. The minimum atomic E-state index is 0.342. The fourth-order valence-corrected chi connectivity index (χ4v) is 0.425. The van der Waals surface area contributed by atoms with E-state index in [0.717, 1.165) is 6.42 Å². The first-order valence-corrected chi connectivity index (χ1v) is 2.92. The standard InChI is InChI=1S/C6H14O/c1-3-6(2)4-5-7/h6-7H,3-5H2,1-2H3/t6-/m0/s1. The van der Waals surface area contributed by atoms with Gasteiger partial charge in [0, 0.05) is 6.61 Å². The molecular formula is C6H14O. The lowest BCUT2D eigenvalue weighted by Gasteiger charge is -2.01. The Balaban J connectivity index is 2.83. The van der Waals surface area contributed by atoms with Crippen molar-refractivity contribution in [1.82, 2.24) is 0 Å². The zero-order valence-corrected chi connectivity index (χ0v) is 5.15. The Morgan fingerprint density at radius 3 is 2.29 bits per heavy atom. The van der Waals surface area contributed by atoms with E-state index in [2.05, 4.69) is 13.8 Å². The molecule has 1 heteroatoms. The van der Waals surface area contributed by atoms with E-state index in [9.17, 15) is 0 Å². The maximum Gasteiger partial charge on any atom is 0.0433 e. The van der Waals surface area contributed by atoms with Crippen LogP contribution in [0.1, 0.15) is 26.7 Å². The fraction of sp³-hybridized carbons (Fsp3) is 1.00. The molecule has 0 saturated heterocycles. The van der Waals surface area contributed by atoms with E-state index in [1.54, 1.807) is 0 Å². The molecule has 0 aromatic carbocycles. The highest BCUT2D eigenvalue weighted by atomic mass is 16.2. The molecule has 0 heterocycles. The summed E-state index contributed by atoms with van der Waals surface area (Å²) >= 11 is 0. The molecule has 1 nitrogen and oxygen atoms in total. The number of hydrogen-bond acceptors (Lipinski definition) is 1. The van der Waals surface area contributed by atoms with Crippen molar-refractivity contribution in [3.05, 3.63) is 0 Å². The van der Waals surface area contributed by atoms with Crippen LogP contribution in [0, 0.1) is 5.92 Å². The summed E-state index contributed by atoms with van der Waals surface area (Å²) in [5, 5.41) is 8.37. The molecule has 44 valence electrons. The monoisotopic (exact) mass is 102 g/mol. The molecule has 0 rings (SSSR count). The molecule has 0 aliphatic carbocycles. The van der Waals surface area contributed by atoms with Gasteiger partial charge in [0.25, 0.3) is 0 Å². The molecule has 0 fully saturated rings. The van der Waals surface area contributed by atoms with Crippen molar-refractivity contribution in [2.45, 2.75) is 26.7 Å². The van der Waals surface area contributed by atoms with Gasteiger partial charge in [-0.1, -0.05) is 20.3 Å². The Morgan fingerprint density at radius 2 is 2.14 bits per heavy atom. The quantitative estimate of drug-likeness (QED) is 0.571. The van der Waals surface area contributed by atoms with Crippen LogP contribution in [0.2, 0.25) is 0 Å². The maximum absolute atomic E-state index is 8.37. The van der Waals surface area contributed by atoms with E-state index in [-0.39, 0.29) is 0 Å². The number of rotatable bonds is 3. The maximum atomic E-state index is 8.37. The summed E-state index contributed by atoms with van der Waals surface area (Å²) in [5.41, 5.74) is 0. The molecule has 0 aliphatic heterocycles. The number of aliphatic hydroxyl groups is 1. The third-order valence-electron chi connectivity index (χ3n) is 1.32. The number of hydrogen-bond donors (Lipinski definition) is 1. The summed E-state index contributed by atoms with van der Waals surface area (Å²) < 4.78 is 0. The van der Waals surface area contributed by atoms with Crippen LogP contribution in [0.15, 0.2) is 0 Å². The van der Waals surface area contributed by atoms with E-state index in [4.69, 9.17) is 5.11 Å². The first-order chi connectivity index (χ1) is 3.31. The second kappa shape index (κ2) is 4.13. The molecular weight excluding hydrogens is 88.1 g/mol. The van der Waals surface area contributed by atoms with Crippen molar-refractivity contribution in [1.29, 1.82) is 0 Å². The first kappa shape index (κ1) is 6.96. The van der Waals surface area contributed by atoms with Gasteiger partial charge in [0.2, 0.25) is 0 Å². The summed E-state index contributed by atoms with van der Waals surface area (Å²) in [6, 6.07) is 0. The van der Waals surface area contributed by atoms with Crippen LogP contribution in [0.3, 0.4) is 0 Å². The molecule has 0 aromatic rings. The zero-order chi connectivity index (χ0) is 5.70. The topological polar surface area (TPSA) is 20.2 Å². The van der Waals surface area contributed by atoms with E-state index >= 15 is 0 Å². The summed E-state index contributed by atoms with van der Waals surface area (Å²) in [4.78, 5) is 0. The van der Waals surface area contributed by atoms with Gasteiger partial charge in [-0.2, -0.15) is 0 Å². The van der Waals surface area contributed by atoms with Crippen molar-refractivity contribution in [3.8, 4) is 0 Å². The highest BCUT2D eigenvalue weighted by molar-refractivity contribution is 4.45. The summed E-state index contributed by atoms with van der Waals surface area (Å²) in [6.45, 7) is 4.63. The second-order valence-electron chi connectivity index (χ2n) is 2.03. The molecule has 0 aliphatic rings. The molecule has 0 unspecified atom stereocenters. The first-order valence-electron chi connectivity index (χ1n) is 2.92. The van der Waals surface area contributed by atoms with Gasteiger partial charge in [0.1, 0.15) is 0 Å². The molecule has 0 aromatic heterocycles. The van der Waals surface area contributed by atoms with Gasteiger partial charge in [-0.3, -0.25) is 0 Å². The highest BCUT2D eigenvalue weighted by Gasteiger charge is 1.93. The van der Waals surface area contributed by atoms with E-state index in [0.29, 0.717) is 12.5 Å². The fourth-order valence-electron chi connectivity index (χ4n) is 0.425. The van der Waals surface area contributed by atoms with Gasteiger partial charge in [-0.05, 0) is 12.3 Å². The molecule has 7 heavy (non-hydrogen) atoms. The normalized spacial score (nSPS) is 14.1. The predicted molar refractivity (Wildman–Crippen MR) is 31.2 cm³/mol. The smallest absolute Gasteiger partial charge is 0.0433 e. The van der Waals surface area contributed by atoms with Crippen LogP contribution in [-0.4, -0.2) is 11.7 Å². The van der Waals surface area contributed by atoms with Gasteiger partial charge in [-0.25, -0.2) is 0 Å². The van der Waals surface area contributed by atoms with Gasteiger partial charge in [0.15, 0.2) is 0 Å². The van der Waals surface area contributed by atoms with Crippen molar-refractivity contribution < 1.29 is 5.11 Å². The molecule has 0 bridgehead atoms. The van der Waals surface area contributed by atoms with E-state index < -0.39 is 0 Å². The average Bonchev–Trinajstić information content (AvgIpc) is 1.68. The van der Waals surface area contributed by atoms with Crippen molar-refractivity contribution in [2.24, 2.45) is 5.92 Å². The number of aliphatic hydroxyl groups excluding tert-OH is 1. The largest absolute Gasteiger partial charge is 0.396 e. The van der Waals surface area contributed by atoms with Gasteiger partial charge < -0.3 is 5.11 Å². The van der Waals surface area contributed by atoms with Gasteiger partial charge in [-0.15, -0.1) is 0 Å². The average molecular weight is 102 g/mol. The van der Waals surface area contributed by atoms with E-state index in [1.165, 1.54) is 6.42 Å². The second-order valence-corrected chi connectivity index (χ2v) is 2.03. The van der Waals surface area contributed by atoms with Crippen molar-refractivity contribution in [2.75, 3.05) is 6.61 Å². The van der Waals surface area contributed by atoms with Crippen molar-refractivity contribution >= 4 is 0 Å². The SMILES string of the molecule is CC[C@H](C)CCO. The lowest BCUT2D eigenvalue weighted by molar-refractivity contribution is 0.260. The van der Waals surface area contributed by atoms with E-state index in [1.807, 2.05) is 0 Å². The van der Waals surface area contributed by atoms with Crippen LogP contribution >= 0.6 is 0 Å². The van der Waals surface area contributed by atoms with Gasteiger partial charge in [0.05, 0.1) is 0 Å². The Morgan fingerprint density at radius 1 is 1.57 bits per heavy atom. The van der Waals surface area contributed by atoms with Gasteiger partial charge >= 0.3 is 0 Å². The zero-order valence-electron chi connectivity index (χ0n) is 5.15. The van der Waals surface area contributed by atoms with Crippen LogP contribution < -0.4 is 0 Å². The van der Waals surface area contributed by atoms with Crippen LogP contribution in [0.5, 0.6) is 0 Å². The molecule has 0 spiro atoms. The molecule has 0 saturated carbocycles. The van der Waals surface area contributed by atoms with Crippen molar-refractivity contribution in [3.63, 3.8) is 0 Å². The minimum absolute atomic E-state index is 0.342.